The van der Waals surface area contributed by atoms with Gasteiger partial charge < -0.3 is 20.9 Å². The van der Waals surface area contributed by atoms with E-state index in [1.165, 1.54) is 22.7 Å². The van der Waals surface area contributed by atoms with Gasteiger partial charge in [-0.25, -0.2) is 9.37 Å². The number of hydrogen-bond donors (Lipinski definition) is 3. The first-order valence-corrected chi connectivity index (χ1v) is 13.1. The van der Waals surface area contributed by atoms with Gasteiger partial charge in [-0.1, -0.05) is 78.5 Å². The third-order valence-corrected chi connectivity index (χ3v) is 7.90. The van der Waals surface area contributed by atoms with Gasteiger partial charge >= 0.3 is 0 Å². The van der Waals surface area contributed by atoms with Crippen molar-refractivity contribution < 1.29 is 9.18 Å². The molecule has 39 heavy (non-hydrogen) atoms. The van der Waals surface area contributed by atoms with E-state index < -0.39 is 22.7 Å². The number of aromatic nitrogens is 2. The molecule has 1 unspecified atom stereocenters. The quantitative estimate of drug-likeness (QED) is 0.258. The second-order valence-corrected chi connectivity index (χ2v) is 10.1. The van der Waals surface area contributed by atoms with Crippen LogP contribution < -0.4 is 21.5 Å². The number of H-pyrrole nitrogens is 1. The maximum atomic E-state index is 14.6. The summed E-state index contributed by atoms with van der Waals surface area (Å²) in [7, 11) is 0. The molecule has 0 aliphatic carbocycles. The number of anilines is 2. The number of nitriles is 1. The number of benzene rings is 3. The number of carbonyl (C=O) groups excluding carboxylic acids is 1. The Bertz CT molecular complexity index is 1760. The molecule has 3 heterocycles. The molecule has 3 aromatic carbocycles. The number of amides is 1. The molecule has 2 aliphatic heterocycles. The molecule has 4 aromatic rings. The summed E-state index contributed by atoms with van der Waals surface area (Å²) in [5.41, 5.74) is 5.98. The Morgan fingerprint density at radius 2 is 1.74 bits per heavy atom. The zero-order valence-electron chi connectivity index (χ0n) is 20.4. The fourth-order valence-corrected chi connectivity index (χ4v) is 6.05. The van der Waals surface area contributed by atoms with E-state index in [0.717, 1.165) is 5.56 Å². The van der Waals surface area contributed by atoms with Crippen LogP contribution in [0, 0.1) is 17.1 Å². The topological polar surface area (TPSA) is 128 Å². The van der Waals surface area contributed by atoms with Crippen LogP contribution in [0.3, 0.4) is 0 Å². The highest BCUT2D eigenvalue weighted by atomic mass is 32.2. The Balaban J connectivity index is 1.51. The number of halogens is 1. The highest BCUT2D eigenvalue weighted by Gasteiger charge is 2.60. The first-order valence-electron chi connectivity index (χ1n) is 12.1. The lowest BCUT2D eigenvalue weighted by molar-refractivity contribution is -0.120. The number of fused-ring (bicyclic) bond motifs is 4. The molecule has 1 aromatic heterocycles. The SMILES string of the molecule is N#CC1=C(N)Nc2nc(SCc3ccccc3)[nH]c(=O)c2C12C(=O)N(Cc1ccccc1F)c1ccccc12. The lowest BCUT2D eigenvalue weighted by atomic mass is 9.69. The van der Waals surface area contributed by atoms with Crippen LogP contribution in [0.1, 0.15) is 22.3 Å². The number of nitrogens with one attached hydrogen (secondary N) is 2. The Kier molecular flexibility index (Phi) is 5.93. The summed E-state index contributed by atoms with van der Waals surface area (Å²) in [5, 5.41) is 13.4. The minimum atomic E-state index is -1.84. The normalized spacial score (nSPS) is 17.5. The minimum Gasteiger partial charge on any atom is -0.384 e. The van der Waals surface area contributed by atoms with Gasteiger partial charge in [0.05, 0.1) is 17.7 Å². The van der Waals surface area contributed by atoms with Crippen LogP contribution in [0.4, 0.5) is 15.9 Å². The number of rotatable bonds is 5. The molecular weight excluding hydrogens is 515 g/mol. The largest absolute Gasteiger partial charge is 0.384 e. The van der Waals surface area contributed by atoms with E-state index >= 15 is 0 Å². The van der Waals surface area contributed by atoms with Crippen molar-refractivity contribution in [2.45, 2.75) is 22.9 Å². The molecule has 1 atom stereocenters. The second kappa shape index (κ2) is 9.45. The molecule has 6 rings (SSSR count). The van der Waals surface area contributed by atoms with Gasteiger partial charge in [0.15, 0.2) is 5.16 Å². The van der Waals surface area contributed by atoms with Crippen molar-refractivity contribution in [2.75, 3.05) is 10.2 Å². The van der Waals surface area contributed by atoms with Gasteiger partial charge in [0.25, 0.3) is 5.56 Å². The molecule has 1 spiro atoms. The van der Waals surface area contributed by atoms with Crippen molar-refractivity contribution in [3.05, 3.63) is 129 Å². The van der Waals surface area contributed by atoms with Crippen LogP contribution in [0.15, 0.2) is 100 Å². The number of nitrogens with zero attached hydrogens (tertiary/aromatic N) is 3. The van der Waals surface area contributed by atoms with Gasteiger partial charge in [-0.15, -0.1) is 0 Å². The van der Waals surface area contributed by atoms with Gasteiger partial charge in [-0.3, -0.25) is 9.59 Å². The zero-order chi connectivity index (χ0) is 27.1. The molecule has 0 bridgehead atoms. The summed E-state index contributed by atoms with van der Waals surface area (Å²) in [4.78, 5) is 37.0. The Labute approximate surface area is 227 Å². The second-order valence-electron chi connectivity index (χ2n) is 9.14. The van der Waals surface area contributed by atoms with Crippen molar-refractivity contribution in [3.8, 4) is 6.07 Å². The molecule has 1 amide bonds. The monoisotopic (exact) mass is 536 g/mol. The molecular formula is C29H21FN6O2S. The van der Waals surface area contributed by atoms with Crippen molar-refractivity contribution in [2.24, 2.45) is 5.73 Å². The summed E-state index contributed by atoms with van der Waals surface area (Å²) < 4.78 is 14.6. The standard InChI is InChI=1S/C29H21FN6O2S/c30-21-12-6-4-10-18(21)15-36-22-13-7-5-11-19(22)29(27(36)38)20(14-31)24(32)33-25-23(29)26(37)35-28(34-25)39-16-17-8-2-1-3-9-17/h1-13H,15-16,32H2,(H2,33,34,35,37). The van der Waals surface area contributed by atoms with E-state index in [1.54, 1.807) is 42.5 Å². The lowest BCUT2D eigenvalue weighted by Crippen LogP contribution is -2.49. The maximum Gasteiger partial charge on any atom is 0.258 e. The highest BCUT2D eigenvalue weighted by molar-refractivity contribution is 7.98. The van der Waals surface area contributed by atoms with Gasteiger partial charge in [0.2, 0.25) is 5.91 Å². The van der Waals surface area contributed by atoms with Gasteiger partial charge in [-0.2, -0.15) is 5.26 Å². The summed E-state index contributed by atoms with van der Waals surface area (Å²) >= 11 is 1.32. The van der Waals surface area contributed by atoms with E-state index in [-0.39, 0.29) is 29.3 Å². The van der Waals surface area contributed by atoms with Crippen molar-refractivity contribution in [1.29, 1.82) is 5.26 Å². The van der Waals surface area contributed by atoms with E-state index in [9.17, 15) is 19.2 Å². The number of carbonyl (C=O) groups is 1. The van der Waals surface area contributed by atoms with Crippen molar-refractivity contribution in [3.63, 3.8) is 0 Å². The van der Waals surface area contributed by atoms with Crippen LogP contribution in [0.5, 0.6) is 0 Å². The van der Waals surface area contributed by atoms with Crippen LogP contribution in [-0.4, -0.2) is 15.9 Å². The fourth-order valence-electron chi connectivity index (χ4n) is 5.24. The predicted octanol–water partition coefficient (Wildman–Crippen LogP) is 4.15. The van der Waals surface area contributed by atoms with Gasteiger partial charge in [-0.05, 0) is 17.7 Å². The maximum absolute atomic E-state index is 14.6. The van der Waals surface area contributed by atoms with Gasteiger partial charge in [0, 0.05) is 22.6 Å². The molecule has 0 fully saturated rings. The minimum absolute atomic E-state index is 0.0224. The molecule has 4 N–H and O–H groups in total. The van der Waals surface area contributed by atoms with Gasteiger partial charge in [0.1, 0.15) is 28.9 Å². The van der Waals surface area contributed by atoms with E-state index in [0.29, 0.717) is 27.7 Å². The molecule has 0 saturated carbocycles. The first-order chi connectivity index (χ1) is 18.9. The Hall–Kier alpha value is -4.88. The highest BCUT2D eigenvalue weighted by Crippen LogP contribution is 2.53. The summed E-state index contributed by atoms with van der Waals surface area (Å²) in [6.07, 6.45) is 0. The third-order valence-electron chi connectivity index (χ3n) is 6.95. The smallest absolute Gasteiger partial charge is 0.258 e. The molecule has 2 aliphatic rings. The van der Waals surface area contributed by atoms with Crippen LogP contribution in [0.2, 0.25) is 0 Å². The average molecular weight is 537 g/mol. The number of nitrogens with two attached hydrogens (primary N) is 1. The van der Waals surface area contributed by atoms with Crippen molar-refractivity contribution in [1.82, 2.24) is 9.97 Å². The predicted molar refractivity (Wildman–Crippen MR) is 146 cm³/mol. The summed E-state index contributed by atoms with van der Waals surface area (Å²) in [6, 6.07) is 24.8. The molecule has 0 radical (unpaired) electrons. The van der Waals surface area contributed by atoms with Crippen LogP contribution in [0.25, 0.3) is 0 Å². The lowest BCUT2D eigenvalue weighted by Gasteiger charge is -2.34. The molecule has 0 saturated heterocycles. The van der Waals surface area contributed by atoms with Crippen LogP contribution in [-0.2, 0) is 22.5 Å². The number of thioether (sulfide) groups is 1. The fraction of sp³-hybridized carbons (Fsp3) is 0.103. The number of hydrogen-bond acceptors (Lipinski definition) is 7. The van der Waals surface area contributed by atoms with Crippen molar-refractivity contribution >= 4 is 29.2 Å². The van der Waals surface area contributed by atoms with Crippen LogP contribution >= 0.6 is 11.8 Å². The Morgan fingerprint density at radius 1 is 1.03 bits per heavy atom. The first kappa shape index (κ1) is 24.5. The van der Waals surface area contributed by atoms with E-state index in [2.05, 4.69) is 21.4 Å². The van der Waals surface area contributed by atoms with E-state index in [1.807, 2.05) is 30.3 Å². The van der Waals surface area contributed by atoms with E-state index in [4.69, 9.17) is 5.73 Å². The number of aromatic amines is 1. The molecule has 10 heteroatoms. The third kappa shape index (κ3) is 3.78. The number of para-hydroxylation sites is 1. The molecule has 8 nitrogen and oxygen atoms in total. The summed E-state index contributed by atoms with van der Waals surface area (Å²) in [6.45, 7) is -0.0952. The zero-order valence-corrected chi connectivity index (χ0v) is 21.3. The summed E-state index contributed by atoms with van der Waals surface area (Å²) in [5.74, 6) is -0.462. The molecule has 192 valence electrons. The Morgan fingerprint density at radius 3 is 2.51 bits per heavy atom. The average Bonchev–Trinajstić information content (AvgIpc) is 3.17.